The van der Waals surface area contributed by atoms with Crippen LogP contribution in [-0.4, -0.2) is 42.5 Å². The maximum atomic E-state index is 13.8. The number of benzene rings is 1. The second-order valence-corrected chi connectivity index (χ2v) is 12.8. The van der Waals surface area contributed by atoms with E-state index in [1.807, 2.05) is 0 Å². The molecule has 1 unspecified atom stereocenters. The molecule has 12 nitrogen and oxygen atoms in total. The van der Waals surface area contributed by atoms with Crippen molar-refractivity contribution in [2.75, 3.05) is 23.4 Å². The average molecular weight is 562 g/mol. The summed E-state index contributed by atoms with van der Waals surface area (Å²) in [7, 11) is -6.39. The summed E-state index contributed by atoms with van der Waals surface area (Å²) in [4.78, 5) is 14.1. The van der Waals surface area contributed by atoms with Gasteiger partial charge in [0, 0.05) is 18.4 Å². The van der Waals surface area contributed by atoms with Crippen LogP contribution < -0.4 is 20.9 Å². The van der Waals surface area contributed by atoms with Crippen molar-refractivity contribution in [3.63, 3.8) is 0 Å². The van der Waals surface area contributed by atoms with E-state index < -0.39 is 28.9 Å². The van der Waals surface area contributed by atoms with Gasteiger partial charge in [-0.3, -0.25) is 14.1 Å². The fraction of sp³-hybridized carbons (Fsp3) is 0.136. The first-order valence-corrected chi connectivity index (χ1v) is 15.0. The lowest BCUT2D eigenvalue weighted by Crippen LogP contribution is -2.35. The predicted molar refractivity (Wildman–Crippen MR) is 141 cm³/mol. The van der Waals surface area contributed by atoms with E-state index in [-0.39, 0.29) is 40.3 Å². The maximum Gasteiger partial charge on any atom is 0.348 e. The van der Waals surface area contributed by atoms with Gasteiger partial charge in [0.2, 0.25) is 10.0 Å². The SMILES string of the molecule is COP1(=O)N=C(c2c(O)c(-c3cccs3)nn(Cc3ccoc3)c2=O)Nc2ccc(NS(C)(=O)=O)cc21. The van der Waals surface area contributed by atoms with Gasteiger partial charge >= 0.3 is 7.52 Å². The first-order valence-electron chi connectivity index (χ1n) is 10.6. The van der Waals surface area contributed by atoms with E-state index in [1.54, 1.807) is 23.6 Å². The first-order chi connectivity index (χ1) is 17.6. The molecule has 0 aliphatic carbocycles. The van der Waals surface area contributed by atoms with Gasteiger partial charge in [0.25, 0.3) is 5.56 Å². The summed E-state index contributed by atoms with van der Waals surface area (Å²) in [5, 5.41) is 20.4. The Labute approximate surface area is 214 Å². The molecule has 4 heterocycles. The van der Waals surface area contributed by atoms with Crippen LogP contribution in [0.5, 0.6) is 5.75 Å². The van der Waals surface area contributed by atoms with Crippen LogP contribution in [0.25, 0.3) is 10.6 Å². The highest BCUT2D eigenvalue weighted by Crippen LogP contribution is 2.52. The van der Waals surface area contributed by atoms with Gasteiger partial charge in [-0.25, -0.2) is 13.1 Å². The van der Waals surface area contributed by atoms with E-state index in [4.69, 9.17) is 8.94 Å². The number of amidine groups is 1. The number of nitrogens with zero attached hydrogens (tertiary/aromatic N) is 3. The van der Waals surface area contributed by atoms with Crippen LogP contribution in [0.2, 0.25) is 0 Å². The number of nitrogens with one attached hydrogen (secondary N) is 2. The third-order valence-electron chi connectivity index (χ3n) is 5.37. The van der Waals surface area contributed by atoms with Crippen molar-refractivity contribution in [1.29, 1.82) is 0 Å². The molecule has 37 heavy (non-hydrogen) atoms. The van der Waals surface area contributed by atoms with E-state index in [9.17, 15) is 22.9 Å². The van der Waals surface area contributed by atoms with Crippen LogP contribution >= 0.6 is 18.9 Å². The molecule has 0 bridgehead atoms. The molecule has 0 saturated carbocycles. The molecule has 0 spiro atoms. The number of furan rings is 1. The quantitative estimate of drug-likeness (QED) is 0.288. The highest BCUT2D eigenvalue weighted by Gasteiger charge is 2.36. The standard InChI is InChI=1S/C22H20N5O7PS2/c1-33-35(30)16-10-14(26-37(2,31)32)5-6-15(16)23-21(25-35)18-20(28)19(17-4-3-9-36-17)24-27(22(18)29)11-13-7-8-34-12-13/h3-10,12,26,28H,11H2,1-2H3,(H,23,25,30). The number of fused-ring (bicyclic) bond motifs is 1. The van der Waals surface area contributed by atoms with Crippen LogP contribution in [0.1, 0.15) is 11.1 Å². The Morgan fingerprint density at radius 2 is 2.11 bits per heavy atom. The molecule has 5 rings (SSSR count). The largest absolute Gasteiger partial charge is 0.505 e. The molecule has 15 heteroatoms. The lowest BCUT2D eigenvalue weighted by atomic mass is 10.1. The zero-order chi connectivity index (χ0) is 26.4. The second-order valence-electron chi connectivity index (χ2n) is 8.03. The normalized spacial score (nSPS) is 17.1. The van der Waals surface area contributed by atoms with Gasteiger partial charge in [-0.15, -0.1) is 11.3 Å². The summed E-state index contributed by atoms with van der Waals surface area (Å²) in [6.45, 7) is 0.0489. The first kappa shape index (κ1) is 25.0. The van der Waals surface area contributed by atoms with E-state index in [1.165, 1.54) is 49.2 Å². The Morgan fingerprint density at radius 1 is 1.30 bits per heavy atom. The summed E-state index contributed by atoms with van der Waals surface area (Å²) >= 11 is 1.31. The predicted octanol–water partition coefficient (Wildman–Crippen LogP) is 3.03. The Morgan fingerprint density at radius 3 is 2.76 bits per heavy atom. The summed E-state index contributed by atoms with van der Waals surface area (Å²) in [6, 6.07) is 9.47. The lowest BCUT2D eigenvalue weighted by Gasteiger charge is -2.25. The molecule has 0 saturated heterocycles. The zero-order valence-electron chi connectivity index (χ0n) is 19.4. The minimum Gasteiger partial charge on any atom is -0.505 e. The van der Waals surface area contributed by atoms with Crippen molar-refractivity contribution < 1.29 is 27.0 Å². The summed E-state index contributed by atoms with van der Waals surface area (Å²) in [5.41, 5.74) is 0.302. The van der Waals surface area contributed by atoms with Crippen LogP contribution in [0.3, 0.4) is 0 Å². The minimum absolute atomic E-state index is 0.0489. The Bertz CT molecular complexity index is 1730. The number of rotatable bonds is 7. The molecule has 3 N–H and O–H groups in total. The van der Waals surface area contributed by atoms with Crippen molar-refractivity contribution in [3.05, 3.63) is 75.8 Å². The molecule has 3 aromatic heterocycles. The maximum absolute atomic E-state index is 13.8. The van der Waals surface area contributed by atoms with E-state index >= 15 is 0 Å². The summed E-state index contributed by atoms with van der Waals surface area (Å²) in [5.74, 6) is -0.617. The molecule has 192 valence electrons. The number of aromatic hydroxyl groups is 1. The number of aromatic nitrogens is 2. The molecule has 0 radical (unpaired) electrons. The molecule has 1 aliphatic rings. The highest BCUT2D eigenvalue weighted by atomic mass is 32.2. The molecule has 1 atom stereocenters. The number of hydrogen-bond donors (Lipinski definition) is 3. The Hall–Kier alpha value is -3.71. The number of sulfonamides is 1. The van der Waals surface area contributed by atoms with Crippen LogP contribution in [0, 0.1) is 0 Å². The smallest absolute Gasteiger partial charge is 0.348 e. The topological polar surface area (TPSA) is 165 Å². The average Bonchev–Trinajstić information content (AvgIpc) is 3.55. The number of anilines is 2. The minimum atomic E-state index is -3.99. The van der Waals surface area contributed by atoms with Crippen LogP contribution in [0.4, 0.5) is 11.4 Å². The van der Waals surface area contributed by atoms with Crippen LogP contribution in [0.15, 0.2) is 68.3 Å². The summed E-state index contributed by atoms with van der Waals surface area (Å²) in [6.07, 6.45) is 3.93. The van der Waals surface area contributed by atoms with E-state index in [0.29, 0.717) is 10.4 Å². The fourth-order valence-corrected chi connectivity index (χ4v) is 6.56. The molecule has 1 aromatic carbocycles. The van der Waals surface area contributed by atoms with E-state index in [0.717, 1.165) is 10.9 Å². The third kappa shape index (κ3) is 4.83. The molecular formula is C22H20N5O7PS2. The number of hydrogen-bond acceptors (Lipinski definition) is 10. The second kappa shape index (κ2) is 9.30. The highest BCUT2D eigenvalue weighted by molar-refractivity contribution is 7.92. The van der Waals surface area contributed by atoms with Gasteiger partial charge < -0.3 is 19.4 Å². The van der Waals surface area contributed by atoms with E-state index in [2.05, 4.69) is 19.9 Å². The van der Waals surface area contributed by atoms with Crippen molar-refractivity contribution in [2.45, 2.75) is 6.54 Å². The molecule has 1 aliphatic heterocycles. The molecule has 4 aromatic rings. The fourth-order valence-electron chi connectivity index (χ4n) is 3.76. The van der Waals surface area contributed by atoms with Gasteiger partial charge in [0.1, 0.15) is 11.3 Å². The monoisotopic (exact) mass is 561 g/mol. The number of thiophene rings is 1. The third-order valence-corrected chi connectivity index (χ3v) is 8.79. The zero-order valence-corrected chi connectivity index (χ0v) is 21.9. The van der Waals surface area contributed by atoms with Gasteiger partial charge in [-0.1, -0.05) is 6.07 Å². The molecule has 0 fully saturated rings. The van der Waals surface area contributed by atoms with Crippen molar-refractivity contribution in [3.8, 4) is 16.3 Å². The molecular weight excluding hydrogens is 541 g/mol. The molecule has 0 amide bonds. The van der Waals surface area contributed by atoms with Crippen molar-refractivity contribution in [2.24, 2.45) is 4.76 Å². The van der Waals surface area contributed by atoms with Crippen molar-refractivity contribution in [1.82, 2.24) is 9.78 Å². The van der Waals surface area contributed by atoms with Crippen molar-refractivity contribution >= 4 is 51.4 Å². The van der Waals surface area contributed by atoms with Gasteiger partial charge in [-0.05, 0) is 35.7 Å². The van der Waals surface area contributed by atoms with Gasteiger partial charge in [-0.2, -0.15) is 9.86 Å². The van der Waals surface area contributed by atoms with Gasteiger partial charge in [0.15, 0.2) is 11.6 Å². The Kier molecular flexibility index (Phi) is 6.28. The summed E-state index contributed by atoms with van der Waals surface area (Å²) < 4.78 is 55.1. The Balaban J connectivity index is 1.68. The van der Waals surface area contributed by atoms with Gasteiger partial charge in [0.05, 0.1) is 41.2 Å². The lowest BCUT2D eigenvalue weighted by molar-refractivity contribution is 0.404. The van der Waals surface area contributed by atoms with Crippen LogP contribution in [-0.2, 0) is 25.7 Å².